The molecule has 2 aromatic carbocycles. The molecule has 2 heterocycles. The lowest BCUT2D eigenvalue weighted by Crippen LogP contribution is -2.41. The van der Waals surface area contributed by atoms with Gasteiger partial charge in [-0.3, -0.25) is 10.1 Å². The van der Waals surface area contributed by atoms with E-state index in [9.17, 15) is 4.79 Å². The van der Waals surface area contributed by atoms with E-state index in [-0.39, 0.29) is 11.9 Å². The van der Waals surface area contributed by atoms with Gasteiger partial charge in [0.15, 0.2) is 0 Å². The molecule has 0 saturated carbocycles. The van der Waals surface area contributed by atoms with E-state index in [0.717, 1.165) is 29.7 Å². The highest BCUT2D eigenvalue weighted by atomic mass is 16.2. The summed E-state index contributed by atoms with van der Waals surface area (Å²) in [6.45, 7) is 2.80. The van der Waals surface area contributed by atoms with E-state index in [1.807, 2.05) is 43.3 Å². The van der Waals surface area contributed by atoms with Gasteiger partial charge in [0.1, 0.15) is 6.04 Å². The predicted octanol–water partition coefficient (Wildman–Crippen LogP) is 2.95. The molecule has 2 N–H and O–H groups in total. The molecule has 5 nitrogen and oxygen atoms in total. The summed E-state index contributed by atoms with van der Waals surface area (Å²) in [5.74, 6) is 0.441. The maximum absolute atomic E-state index is 12.6. The summed E-state index contributed by atoms with van der Waals surface area (Å²) < 4.78 is 0. The van der Waals surface area contributed by atoms with Gasteiger partial charge in [-0.25, -0.2) is 4.98 Å². The second-order valence-corrected chi connectivity index (χ2v) is 5.84. The number of benzene rings is 2. The van der Waals surface area contributed by atoms with Gasteiger partial charge in [0.25, 0.3) is 0 Å². The number of nitrogens with zero attached hydrogens (tertiary/aromatic N) is 2. The van der Waals surface area contributed by atoms with Crippen molar-refractivity contribution < 1.29 is 4.79 Å². The number of H-pyrrole nitrogens is 1. The number of aromatic nitrogens is 2. The van der Waals surface area contributed by atoms with Crippen LogP contribution in [0.1, 0.15) is 12.5 Å². The molecule has 0 radical (unpaired) electrons. The van der Waals surface area contributed by atoms with E-state index >= 15 is 0 Å². The van der Waals surface area contributed by atoms with Gasteiger partial charge in [-0.1, -0.05) is 30.3 Å². The maximum atomic E-state index is 12.6. The summed E-state index contributed by atoms with van der Waals surface area (Å²) in [5.41, 5.74) is 4.22. The number of nitrogens with one attached hydrogen (secondary N) is 2. The van der Waals surface area contributed by atoms with Gasteiger partial charge in [-0.05, 0) is 37.1 Å². The molecule has 1 aromatic heterocycles. The van der Waals surface area contributed by atoms with Gasteiger partial charge in [0, 0.05) is 12.2 Å². The van der Waals surface area contributed by atoms with Crippen molar-refractivity contribution in [2.75, 3.05) is 16.8 Å². The highest BCUT2D eigenvalue weighted by molar-refractivity contribution is 5.96. The van der Waals surface area contributed by atoms with Gasteiger partial charge >= 0.3 is 0 Å². The summed E-state index contributed by atoms with van der Waals surface area (Å²) in [5, 5.41) is 2.89. The first kappa shape index (κ1) is 13.8. The molecule has 1 atom stereocenters. The van der Waals surface area contributed by atoms with Crippen molar-refractivity contribution >= 4 is 28.6 Å². The van der Waals surface area contributed by atoms with Crippen LogP contribution < -0.4 is 10.2 Å². The Morgan fingerprint density at radius 1 is 1.22 bits per heavy atom. The summed E-state index contributed by atoms with van der Waals surface area (Å²) in [6, 6.07) is 15.7. The van der Waals surface area contributed by atoms with Crippen molar-refractivity contribution in [3.8, 4) is 0 Å². The van der Waals surface area contributed by atoms with E-state index < -0.39 is 0 Å². The van der Waals surface area contributed by atoms with E-state index in [1.165, 1.54) is 5.56 Å². The monoisotopic (exact) mass is 306 g/mol. The highest BCUT2D eigenvalue weighted by Crippen LogP contribution is 2.29. The first-order valence-electron chi connectivity index (χ1n) is 7.82. The number of imidazole rings is 1. The predicted molar refractivity (Wildman–Crippen MR) is 91.7 cm³/mol. The van der Waals surface area contributed by atoms with Crippen LogP contribution in [-0.4, -0.2) is 28.5 Å². The molecule has 23 heavy (non-hydrogen) atoms. The Labute approximate surface area is 134 Å². The summed E-state index contributed by atoms with van der Waals surface area (Å²) in [6.07, 6.45) is 0.985. The van der Waals surface area contributed by atoms with E-state index in [1.54, 1.807) is 0 Å². The van der Waals surface area contributed by atoms with Crippen molar-refractivity contribution in [2.24, 2.45) is 0 Å². The third-order valence-electron chi connectivity index (χ3n) is 4.40. The standard InChI is InChI=1S/C18H18N4O/c1-12(22-11-10-13-6-2-5-9-16(13)22)17(23)21-18-19-14-7-3-4-8-15(14)20-18/h2-9,12H,10-11H2,1H3,(H2,19,20,21,23)/t12-/m1/s1. The number of aromatic amines is 1. The number of anilines is 2. The number of hydrogen-bond donors (Lipinski definition) is 2. The Morgan fingerprint density at radius 3 is 2.87 bits per heavy atom. The number of hydrogen-bond acceptors (Lipinski definition) is 3. The van der Waals surface area contributed by atoms with Crippen LogP contribution in [0, 0.1) is 0 Å². The lowest BCUT2D eigenvalue weighted by Gasteiger charge is -2.25. The minimum Gasteiger partial charge on any atom is -0.359 e. The van der Waals surface area contributed by atoms with E-state index in [0.29, 0.717) is 5.95 Å². The molecule has 0 fully saturated rings. The Bertz CT molecular complexity index is 837. The fraction of sp³-hybridized carbons (Fsp3) is 0.222. The molecule has 1 amide bonds. The van der Waals surface area contributed by atoms with Crippen LogP contribution >= 0.6 is 0 Å². The van der Waals surface area contributed by atoms with Crippen LogP contribution in [0.2, 0.25) is 0 Å². The minimum absolute atomic E-state index is 0.0549. The van der Waals surface area contributed by atoms with Crippen LogP contribution in [0.25, 0.3) is 11.0 Å². The van der Waals surface area contributed by atoms with Gasteiger partial charge in [-0.2, -0.15) is 0 Å². The zero-order valence-electron chi connectivity index (χ0n) is 12.9. The van der Waals surface area contributed by atoms with E-state index in [2.05, 4.69) is 32.3 Å². The number of carbonyl (C=O) groups is 1. The topological polar surface area (TPSA) is 61.0 Å². The van der Waals surface area contributed by atoms with Crippen molar-refractivity contribution in [3.63, 3.8) is 0 Å². The molecule has 0 saturated heterocycles. The quantitative estimate of drug-likeness (QED) is 0.782. The molecule has 116 valence electrons. The second kappa shape index (κ2) is 5.43. The fourth-order valence-electron chi connectivity index (χ4n) is 3.14. The third-order valence-corrected chi connectivity index (χ3v) is 4.40. The molecule has 5 heteroatoms. The second-order valence-electron chi connectivity index (χ2n) is 5.84. The Hall–Kier alpha value is -2.82. The van der Waals surface area contributed by atoms with Crippen LogP contribution in [0.3, 0.4) is 0 Å². The molecule has 1 aliphatic rings. The average molecular weight is 306 g/mol. The molecular weight excluding hydrogens is 288 g/mol. The van der Waals surface area contributed by atoms with Crippen molar-refractivity contribution in [2.45, 2.75) is 19.4 Å². The lowest BCUT2D eigenvalue weighted by molar-refractivity contribution is -0.117. The van der Waals surface area contributed by atoms with Gasteiger partial charge in [0.2, 0.25) is 11.9 Å². The van der Waals surface area contributed by atoms with Crippen LogP contribution in [-0.2, 0) is 11.2 Å². The summed E-state index contributed by atoms with van der Waals surface area (Å²) >= 11 is 0. The Balaban J connectivity index is 1.53. The number of fused-ring (bicyclic) bond motifs is 2. The third kappa shape index (κ3) is 2.44. The lowest BCUT2D eigenvalue weighted by atomic mass is 10.2. The smallest absolute Gasteiger partial charge is 0.249 e. The Morgan fingerprint density at radius 2 is 2.00 bits per heavy atom. The number of amides is 1. The number of carbonyl (C=O) groups excluding carboxylic acids is 1. The molecule has 1 aliphatic heterocycles. The summed E-state index contributed by atoms with van der Waals surface area (Å²) in [7, 11) is 0. The maximum Gasteiger partial charge on any atom is 0.249 e. The zero-order valence-corrected chi connectivity index (χ0v) is 12.9. The normalized spacial score (nSPS) is 14.7. The largest absolute Gasteiger partial charge is 0.359 e. The van der Waals surface area contributed by atoms with Crippen LogP contribution in [0.5, 0.6) is 0 Å². The molecule has 0 unspecified atom stereocenters. The number of para-hydroxylation sites is 3. The first-order chi connectivity index (χ1) is 11.2. The van der Waals surface area contributed by atoms with Gasteiger partial charge in [-0.15, -0.1) is 0 Å². The zero-order chi connectivity index (χ0) is 15.8. The molecule has 0 spiro atoms. The van der Waals surface area contributed by atoms with Crippen molar-refractivity contribution in [1.82, 2.24) is 9.97 Å². The molecule has 0 bridgehead atoms. The molecule has 3 aromatic rings. The molecule has 0 aliphatic carbocycles. The first-order valence-corrected chi connectivity index (χ1v) is 7.82. The highest BCUT2D eigenvalue weighted by Gasteiger charge is 2.27. The average Bonchev–Trinajstić information content (AvgIpc) is 3.17. The van der Waals surface area contributed by atoms with Crippen molar-refractivity contribution in [1.29, 1.82) is 0 Å². The summed E-state index contributed by atoms with van der Waals surface area (Å²) in [4.78, 5) is 22.2. The van der Waals surface area contributed by atoms with E-state index in [4.69, 9.17) is 0 Å². The van der Waals surface area contributed by atoms with Crippen LogP contribution in [0.15, 0.2) is 48.5 Å². The molecular formula is C18H18N4O. The van der Waals surface area contributed by atoms with Gasteiger partial charge in [0.05, 0.1) is 11.0 Å². The SMILES string of the molecule is C[C@H](C(=O)Nc1nc2ccccc2[nH]1)N1CCc2ccccc21. The van der Waals surface area contributed by atoms with Crippen LogP contribution in [0.4, 0.5) is 11.6 Å². The number of rotatable bonds is 3. The minimum atomic E-state index is -0.244. The fourth-order valence-corrected chi connectivity index (χ4v) is 3.14. The van der Waals surface area contributed by atoms with Crippen molar-refractivity contribution in [3.05, 3.63) is 54.1 Å². The molecule has 4 rings (SSSR count). The Kier molecular flexibility index (Phi) is 3.26. The van der Waals surface area contributed by atoms with Gasteiger partial charge < -0.3 is 9.88 Å².